The third-order valence-electron chi connectivity index (χ3n) is 3.89. The lowest BCUT2D eigenvalue weighted by Crippen LogP contribution is -2.39. The summed E-state index contributed by atoms with van der Waals surface area (Å²) in [7, 11) is 0. The van der Waals surface area contributed by atoms with E-state index < -0.39 is 34.6 Å². The molecule has 2 N–H and O–H groups in total. The van der Waals surface area contributed by atoms with E-state index in [4.69, 9.17) is 10.2 Å². The fraction of sp³-hybridized carbons (Fsp3) is 0.636. The minimum atomic E-state index is -1.00. The van der Waals surface area contributed by atoms with Crippen LogP contribution >= 0.6 is 0 Å². The van der Waals surface area contributed by atoms with Crippen molar-refractivity contribution in [3.05, 3.63) is 12.2 Å². The molecule has 4 nitrogen and oxygen atoms in total. The first-order chi connectivity index (χ1) is 6.80. The highest BCUT2D eigenvalue weighted by molar-refractivity contribution is 5.84. The number of hydrogen-bond donors (Lipinski definition) is 2. The van der Waals surface area contributed by atoms with Crippen LogP contribution in [0.5, 0.6) is 0 Å². The number of carbonyl (C=O) groups is 2. The van der Waals surface area contributed by atoms with E-state index in [-0.39, 0.29) is 0 Å². The maximum absolute atomic E-state index is 11.2. The van der Waals surface area contributed by atoms with Gasteiger partial charge in [0.25, 0.3) is 0 Å². The summed E-state index contributed by atoms with van der Waals surface area (Å²) >= 11 is 0. The lowest BCUT2D eigenvalue weighted by atomic mass is 9.72. The van der Waals surface area contributed by atoms with Gasteiger partial charge in [0.1, 0.15) is 0 Å². The molecule has 0 aromatic rings. The van der Waals surface area contributed by atoms with Crippen LogP contribution in [0.4, 0.5) is 0 Å². The topological polar surface area (TPSA) is 74.6 Å². The number of carboxylic acids is 2. The van der Waals surface area contributed by atoms with Crippen LogP contribution in [-0.2, 0) is 9.59 Å². The number of hydrogen-bond acceptors (Lipinski definition) is 2. The maximum atomic E-state index is 11.2. The first-order valence-electron chi connectivity index (χ1n) is 4.96. The Bertz CT molecular complexity index is 339. The summed E-state index contributed by atoms with van der Waals surface area (Å²) in [4.78, 5) is 22.3. The van der Waals surface area contributed by atoms with Crippen LogP contribution in [0.25, 0.3) is 0 Å². The van der Waals surface area contributed by atoms with Crippen LogP contribution < -0.4 is 0 Å². The monoisotopic (exact) mass is 210 g/mol. The minimum Gasteiger partial charge on any atom is -0.481 e. The lowest BCUT2D eigenvalue weighted by Gasteiger charge is -2.30. The number of fused-ring (bicyclic) bond motifs is 2. The summed E-state index contributed by atoms with van der Waals surface area (Å²) in [6.45, 7) is 3.66. The molecule has 1 saturated carbocycles. The van der Waals surface area contributed by atoms with Gasteiger partial charge >= 0.3 is 11.9 Å². The molecule has 2 aliphatic rings. The summed E-state index contributed by atoms with van der Waals surface area (Å²) in [5.74, 6) is -3.61. The molecule has 0 radical (unpaired) electrons. The Morgan fingerprint density at radius 3 is 1.67 bits per heavy atom. The molecule has 2 bridgehead atoms. The van der Waals surface area contributed by atoms with Gasteiger partial charge in [0, 0.05) is 10.8 Å². The van der Waals surface area contributed by atoms with E-state index in [1.165, 1.54) is 0 Å². The van der Waals surface area contributed by atoms with Gasteiger partial charge in [-0.05, 0) is 6.42 Å². The van der Waals surface area contributed by atoms with E-state index in [0.29, 0.717) is 6.42 Å². The molecular weight excluding hydrogens is 196 g/mol. The summed E-state index contributed by atoms with van der Waals surface area (Å²) in [6, 6.07) is 0. The Labute approximate surface area is 87.6 Å². The molecule has 4 heteroatoms. The van der Waals surface area contributed by atoms with Crippen molar-refractivity contribution in [3.8, 4) is 0 Å². The van der Waals surface area contributed by atoms with E-state index in [1.54, 1.807) is 0 Å². The number of rotatable bonds is 2. The van der Waals surface area contributed by atoms with E-state index in [0.717, 1.165) is 0 Å². The minimum absolute atomic E-state index is 0.496. The van der Waals surface area contributed by atoms with Gasteiger partial charge in [0.05, 0.1) is 11.8 Å². The molecule has 15 heavy (non-hydrogen) atoms. The van der Waals surface area contributed by atoms with Gasteiger partial charge in [-0.2, -0.15) is 0 Å². The summed E-state index contributed by atoms with van der Waals surface area (Å²) in [5.41, 5.74) is -0.993. The molecule has 0 amide bonds. The predicted molar refractivity (Wildman–Crippen MR) is 52.2 cm³/mol. The lowest BCUT2D eigenvalue weighted by molar-refractivity contribution is -0.157. The van der Waals surface area contributed by atoms with Crippen LogP contribution in [0.15, 0.2) is 12.2 Å². The first-order valence-corrected chi connectivity index (χ1v) is 4.96. The highest BCUT2D eigenvalue weighted by Crippen LogP contribution is 2.63. The zero-order chi connectivity index (χ0) is 11.4. The Hall–Kier alpha value is -1.32. The Balaban J connectivity index is 2.50. The highest BCUT2D eigenvalue weighted by Gasteiger charge is 2.63. The summed E-state index contributed by atoms with van der Waals surface area (Å²) < 4.78 is 0. The average molecular weight is 210 g/mol. The molecule has 0 aromatic carbocycles. The smallest absolute Gasteiger partial charge is 0.308 e. The standard InChI is InChI=1S/C11H14O4/c1-10-3-4-11(2,5-10)7(9(14)15)6(10)8(12)13/h3-4,6-7H,5H2,1-2H3,(H,12,13)(H,14,15). The first kappa shape index (κ1) is 10.2. The molecule has 4 atom stereocenters. The molecular formula is C11H14O4. The fourth-order valence-electron chi connectivity index (χ4n) is 3.36. The largest absolute Gasteiger partial charge is 0.481 e. The summed E-state index contributed by atoms with van der Waals surface area (Å²) in [6.07, 6.45) is 4.35. The third kappa shape index (κ3) is 1.14. The Morgan fingerprint density at radius 1 is 1.07 bits per heavy atom. The molecule has 1 fully saturated rings. The van der Waals surface area contributed by atoms with E-state index in [9.17, 15) is 9.59 Å². The molecule has 0 aromatic heterocycles. The van der Waals surface area contributed by atoms with Crippen molar-refractivity contribution in [1.29, 1.82) is 0 Å². The molecule has 2 rings (SSSR count). The number of aliphatic carboxylic acids is 2. The zero-order valence-corrected chi connectivity index (χ0v) is 8.73. The van der Waals surface area contributed by atoms with E-state index in [2.05, 4.69) is 0 Å². The SMILES string of the molecule is CC12C=CC(C)(C1)C(C(=O)O)C2C(=O)O. The Kier molecular flexibility index (Phi) is 1.78. The van der Waals surface area contributed by atoms with Gasteiger partial charge in [-0.1, -0.05) is 26.0 Å². The average Bonchev–Trinajstić information content (AvgIpc) is 2.49. The Morgan fingerprint density at radius 2 is 1.40 bits per heavy atom. The van der Waals surface area contributed by atoms with Crippen LogP contribution in [0.1, 0.15) is 20.3 Å². The predicted octanol–water partition coefficient (Wildman–Crippen LogP) is 1.37. The van der Waals surface area contributed by atoms with Gasteiger partial charge in [-0.3, -0.25) is 9.59 Å². The van der Waals surface area contributed by atoms with Crippen LogP contribution in [0.3, 0.4) is 0 Å². The van der Waals surface area contributed by atoms with Crippen molar-refractivity contribution >= 4 is 11.9 Å². The van der Waals surface area contributed by atoms with Crippen molar-refractivity contribution in [2.75, 3.05) is 0 Å². The molecule has 2 aliphatic carbocycles. The molecule has 82 valence electrons. The van der Waals surface area contributed by atoms with Gasteiger partial charge in [0.15, 0.2) is 0 Å². The normalized spacial score (nSPS) is 47.1. The number of carboxylic acid groups (broad SMARTS) is 2. The fourth-order valence-corrected chi connectivity index (χ4v) is 3.36. The van der Waals surface area contributed by atoms with E-state index >= 15 is 0 Å². The van der Waals surface area contributed by atoms with Crippen molar-refractivity contribution in [2.45, 2.75) is 20.3 Å². The van der Waals surface area contributed by atoms with Gasteiger partial charge in [-0.25, -0.2) is 0 Å². The molecule has 0 heterocycles. The van der Waals surface area contributed by atoms with Crippen molar-refractivity contribution < 1.29 is 19.8 Å². The van der Waals surface area contributed by atoms with Gasteiger partial charge in [-0.15, -0.1) is 0 Å². The summed E-state index contributed by atoms with van der Waals surface area (Å²) in [5, 5.41) is 18.3. The van der Waals surface area contributed by atoms with Crippen LogP contribution in [0, 0.1) is 22.7 Å². The second-order valence-corrected chi connectivity index (χ2v) is 5.15. The second-order valence-electron chi connectivity index (χ2n) is 5.15. The van der Waals surface area contributed by atoms with Crippen molar-refractivity contribution in [1.82, 2.24) is 0 Å². The van der Waals surface area contributed by atoms with Crippen molar-refractivity contribution in [2.24, 2.45) is 22.7 Å². The molecule has 0 aliphatic heterocycles. The van der Waals surface area contributed by atoms with Crippen molar-refractivity contribution in [3.63, 3.8) is 0 Å². The maximum Gasteiger partial charge on any atom is 0.308 e. The van der Waals surface area contributed by atoms with Gasteiger partial charge < -0.3 is 10.2 Å². The van der Waals surface area contributed by atoms with E-state index in [1.807, 2.05) is 26.0 Å². The zero-order valence-electron chi connectivity index (χ0n) is 8.73. The quantitative estimate of drug-likeness (QED) is 0.675. The van der Waals surface area contributed by atoms with Crippen LogP contribution in [0.2, 0.25) is 0 Å². The molecule has 0 spiro atoms. The molecule has 4 unspecified atom stereocenters. The third-order valence-corrected chi connectivity index (χ3v) is 3.89. The highest BCUT2D eigenvalue weighted by atomic mass is 16.4. The van der Waals surface area contributed by atoms with Gasteiger partial charge in [0.2, 0.25) is 0 Å². The van der Waals surface area contributed by atoms with Crippen LogP contribution in [-0.4, -0.2) is 22.2 Å². The number of allylic oxidation sites excluding steroid dienone is 2. The molecule has 0 saturated heterocycles. The second kappa shape index (κ2) is 2.62.